The Morgan fingerprint density at radius 3 is 2.50 bits per heavy atom. The number of benzene rings is 1. The first kappa shape index (κ1) is 17.4. The molecule has 2 atom stereocenters. The number of carbonyl (C=O) groups excluding carboxylic acids is 1. The zero-order valence-electron chi connectivity index (χ0n) is 14.7. The van der Waals surface area contributed by atoms with Crippen LogP contribution in [-0.2, 0) is 16.0 Å². The van der Waals surface area contributed by atoms with Gasteiger partial charge in [0.25, 0.3) is 5.91 Å². The number of hydrogen-bond acceptors (Lipinski definition) is 4. The first-order valence-electron chi connectivity index (χ1n) is 8.85. The summed E-state index contributed by atoms with van der Waals surface area (Å²) in [6.45, 7) is 4.55. The van der Waals surface area contributed by atoms with Gasteiger partial charge in [-0.15, -0.1) is 0 Å². The van der Waals surface area contributed by atoms with E-state index in [0.717, 1.165) is 18.5 Å². The molecule has 0 unspecified atom stereocenters. The Kier molecular flexibility index (Phi) is 5.87. The van der Waals surface area contributed by atoms with Gasteiger partial charge >= 0.3 is 0 Å². The molecule has 0 N–H and O–H groups in total. The average Bonchev–Trinajstić information content (AvgIpc) is 3.25. The highest BCUT2D eigenvalue weighted by Crippen LogP contribution is 2.23. The lowest BCUT2D eigenvalue weighted by molar-refractivity contribution is 0.0612. The second-order valence-electron chi connectivity index (χ2n) is 6.84. The Morgan fingerprint density at radius 2 is 1.88 bits per heavy atom. The number of hydrogen-bond donors (Lipinski definition) is 0. The molecule has 5 heteroatoms. The van der Waals surface area contributed by atoms with Gasteiger partial charge in [-0.25, -0.2) is 0 Å². The molecule has 0 spiro atoms. The molecule has 1 aromatic rings. The summed E-state index contributed by atoms with van der Waals surface area (Å²) >= 11 is 0. The third-order valence-electron chi connectivity index (χ3n) is 5.14. The van der Waals surface area contributed by atoms with Crippen molar-refractivity contribution < 1.29 is 14.3 Å². The zero-order valence-corrected chi connectivity index (χ0v) is 14.7. The van der Waals surface area contributed by atoms with Crippen molar-refractivity contribution in [2.75, 3.05) is 40.5 Å². The van der Waals surface area contributed by atoms with Crippen LogP contribution < -0.4 is 0 Å². The third-order valence-corrected chi connectivity index (χ3v) is 5.14. The minimum Gasteiger partial charge on any atom is -0.383 e. The summed E-state index contributed by atoms with van der Waals surface area (Å²) < 4.78 is 10.7. The molecule has 0 bridgehead atoms. The molecule has 5 nitrogen and oxygen atoms in total. The van der Waals surface area contributed by atoms with Crippen LogP contribution in [0.4, 0.5) is 0 Å². The second-order valence-corrected chi connectivity index (χ2v) is 6.84. The lowest BCUT2D eigenvalue weighted by Gasteiger charge is -2.24. The van der Waals surface area contributed by atoms with Crippen molar-refractivity contribution >= 4 is 5.91 Å². The molecular weight excluding hydrogens is 304 g/mol. The molecule has 2 aliphatic rings. The van der Waals surface area contributed by atoms with Crippen LogP contribution >= 0.6 is 0 Å². The monoisotopic (exact) mass is 332 g/mol. The highest BCUT2D eigenvalue weighted by Gasteiger charge is 2.35. The molecule has 24 heavy (non-hydrogen) atoms. The molecule has 0 radical (unpaired) electrons. The summed E-state index contributed by atoms with van der Waals surface area (Å²) in [5.41, 5.74) is 2.02. The SMILES string of the molecule is COC[C@@H]1C[C@H](OC)CN1C(=O)c1ccc(CN2CCCC2)cc1. The van der Waals surface area contributed by atoms with Crippen LogP contribution in [0.25, 0.3) is 0 Å². The van der Waals surface area contributed by atoms with E-state index in [-0.39, 0.29) is 18.1 Å². The van der Waals surface area contributed by atoms with E-state index in [1.54, 1.807) is 14.2 Å². The normalized spacial score (nSPS) is 24.7. The fraction of sp³-hybridized carbons (Fsp3) is 0.632. The van der Waals surface area contributed by atoms with Crippen molar-refractivity contribution in [3.63, 3.8) is 0 Å². The van der Waals surface area contributed by atoms with Crippen LogP contribution in [0, 0.1) is 0 Å². The van der Waals surface area contributed by atoms with Gasteiger partial charge in [-0.2, -0.15) is 0 Å². The van der Waals surface area contributed by atoms with Crippen molar-refractivity contribution in [2.45, 2.75) is 38.0 Å². The van der Waals surface area contributed by atoms with E-state index in [1.165, 1.54) is 31.5 Å². The lowest BCUT2D eigenvalue weighted by atomic mass is 10.1. The number of ether oxygens (including phenoxy) is 2. The fourth-order valence-electron chi connectivity index (χ4n) is 3.76. The van der Waals surface area contributed by atoms with Gasteiger partial charge in [0.1, 0.15) is 0 Å². The van der Waals surface area contributed by atoms with Crippen molar-refractivity contribution in [2.24, 2.45) is 0 Å². The van der Waals surface area contributed by atoms with Crippen LogP contribution in [0.2, 0.25) is 0 Å². The molecule has 2 heterocycles. The van der Waals surface area contributed by atoms with Crippen LogP contribution in [0.15, 0.2) is 24.3 Å². The van der Waals surface area contributed by atoms with Crippen molar-refractivity contribution in [1.82, 2.24) is 9.80 Å². The molecule has 1 aromatic carbocycles. The van der Waals surface area contributed by atoms with E-state index < -0.39 is 0 Å². The number of methoxy groups -OCH3 is 2. The summed E-state index contributed by atoms with van der Waals surface area (Å²) in [6.07, 6.45) is 3.53. The summed E-state index contributed by atoms with van der Waals surface area (Å²) in [5.74, 6) is 0.0734. The van der Waals surface area contributed by atoms with Gasteiger partial charge in [0, 0.05) is 32.9 Å². The molecule has 0 aromatic heterocycles. The molecular formula is C19H28N2O3. The number of likely N-dealkylation sites (tertiary alicyclic amines) is 2. The first-order chi connectivity index (χ1) is 11.7. The Balaban J connectivity index is 1.65. The van der Waals surface area contributed by atoms with E-state index >= 15 is 0 Å². The maximum absolute atomic E-state index is 12.9. The molecule has 0 saturated carbocycles. The smallest absolute Gasteiger partial charge is 0.254 e. The summed E-state index contributed by atoms with van der Waals surface area (Å²) in [7, 11) is 3.38. The minimum atomic E-state index is 0.0734. The van der Waals surface area contributed by atoms with Crippen LogP contribution in [0.5, 0.6) is 0 Å². The van der Waals surface area contributed by atoms with Gasteiger partial charge in [0.05, 0.1) is 18.8 Å². The Morgan fingerprint density at radius 1 is 1.17 bits per heavy atom. The van der Waals surface area contributed by atoms with Crippen LogP contribution in [-0.4, -0.2) is 68.3 Å². The maximum atomic E-state index is 12.9. The molecule has 2 fully saturated rings. The molecule has 1 amide bonds. The first-order valence-corrected chi connectivity index (χ1v) is 8.85. The number of nitrogens with zero attached hydrogens (tertiary/aromatic N) is 2. The predicted molar refractivity (Wildman–Crippen MR) is 93.1 cm³/mol. The molecule has 0 aliphatic carbocycles. The predicted octanol–water partition coefficient (Wildman–Crippen LogP) is 2.16. The third kappa shape index (κ3) is 3.97. The van der Waals surface area contributed by atoms with Gasteiger partial charge in [-0.05, 0) is 50.0 Å². The lowest BCUT2D eigenvalue weighted by Crippen LogP contribution is -2.38. The topological polar surface area (TPSA) is 42.0 Å². The van der Waals surface area contributed by atoms with Gasteiger partial charge in [-0.3, -0.25) is 9.69 Å². The number of amides is 1. The van der Waals surface area contributed by atoms with Crippen LogP contribution in [0.1, 0.15) is 35.2 Å². The van der Waals surface area contributed by atoms with E-state index in [1.807, 2.05) is 17.0 Å². The Labute approximate surface area is 144 Å². The van der Waals surface area contributed by atoms with Crippen LogP contribution in [0.3, 0.4) is 0 Å². The molecule has 2 saturated heterocycles. The highest BCUT2D eigenvalue weighted by molar-refractivity contribution is 5.94. The zero-order chi connectivity index (χ0) is 16.9. The van der Waals surface area contributed by atoms with E-state index in [4.69, 9.17) is 9.47 Å². The number of carbonyl (C=O) groups is 1. The largest absolute Gasteiger partial charge is 0.383 e. The quantitative estimate of drug-likeness (QED) is 0.801. The number of rotatable bonds is 6. The summed E-state index contributed by atoms with van der Waals surface area (Å²) in [6, 6.07) is 8.17. The summed E-state index contributed by atoms with van der Waals surface area (Å²) in [5, 5.41) is 0. The van der Waals surface area contributed by atoms with Crippen molar-refractivity contribution in [3.8, 4) is 0 Å². The summed E-state index contributed by atoms with van der Waals surface area (Å²) in [4.78, 5) is 17.2. The van der Waals surface area contributed by atoms with E-state index in [9.17, 15) is 4.79 Å². The van der Waals surface area contributed by atoms with Crippen molar-refractivity contribution in [1.29, 1.82) is 0 Å². The van der Waals surface area contributed by atoms with E-state index in [2.05, 4.69) is 17.0 Å². The molecule has 3 rings (SSSR count). The average molecular weight is 332 g/mol. The van der Waals surface area contributed by atoms with Gasteiger partial charge < -0.3 is 14.4 Å². The fourth-order valence-corrected chi connectivity index (χ4v) is 3.76. The highest BCUT2D eigenvalue weighted by atomic mass is 16.5. The standard InChI is InChI=1S/C19H28N2O3/c1-23-14-17-11-18(24-2)13-21(17)19(22)16-7-5-15(6-8-16)12-20-9-3-4-10-20/h5-8,17-18H,3-4,9-14H2,1-2H3/t17-,18-/m0/s1. The molecule has 132 valence electrons. The van der Waals surface area contributed by atoms with Gasteiger partial charge in [-0.1, -0.05) is 12.1 Å². The Hall–Kier alpha value is -1.43. The van der Waals surface area contributed by atoms with E-state index in [0.29, 0.717) is 13.2 Å². The van der Waals surface area contributed by atoms with Crippen molar-refractivity contribution in [3.05, 3.63) is 35.4 Å². The Bertz CT molecular complexity index is 540. The molecule has 2 aliphatic heterocycles. The van der Waals surface area contributed by atoms with Gasteiger partial charge in [0.15, 0.2) is 0 Å². The minimum absolute atomic E-state index is 0.0734. The second kappa shape index (κ2) is 8.10. The van der Waals surface area contributed by atoms with Gasteiger partial charge in [0.2, 0.25) is 0 Å². The maximum Gasteiger partial charge on any atom is 0.254 e.